The third-order valence-corrected chi connectivity index (χ3v) is 3.89. The molecular weight excluding hydrogens is 304 g/mol. The number of carbonyl (C=O) groups excluding carboxylic acids is 1. The van der Waals surface area contributed by atoms with Crippen LogP contribution in [0.5, 0.6) is 0 Å². The Morgan fingerprint density at radius 3 is 3.18 bits per heavy atom. The van der Waals surface area contributed by atoms with Crippen LogP contribution in [0.25, 0.3) is 11.4 Å². The van der Waals surface area contributed by atoms with Crippen molar-refractivity contribution in [3.8, 4) is 11.4 Å². The van der Waals surface area contributed by atoms with E-state index in [-0.39, 0.29) is 12.1 Å². The summed E-state index contributed by atoms with van der Waals surface area (Å²) < 4.78 is 5.38. The number of aromatic nitrogens is 2. The van der Waals surface area contributed by atoms with Gasteiger partial charge in [-0.25, -0.2) is 4.79 Å². The number of benzene rings is 1. The maximum absolute atomic E-state index is 12.1. The van der Waals surface area contributed by atoms with Gasteiger partial charge in [-0.15, -0.1) is 0 Å². The Hall–Kier alpha value is -2.08. The Labute approximate surface area is 133 Å². The molecule has 7 heteroatoms. The Morgan fingerprint density at radius 2 is 2.41 bits per heavy atom. The first-order valence-corrected chi connectivity index (χ1v) is 7.71. The first-order valence-electron chi connectivity index (χ1n) is 7.33. The van der Waals surface area contributed by atoms with E-state index in [9.17, 15) is 4.79 Å². The van der Waals surface area contributed by atoms with Crippen LogP contribution in [-0.2, 0) is 0 Å². The molecular formula is C15H17ClN4O2. The van der Waals surface area contributed by atoms with Crippen molar-refractivity contribution in [3.05, 3.63) is 35.2 Å². The predicted molar refractivity (Wildman–Crippen MR) is 82.5 cm³/mol. The van der Waals surface area contributed by atoms with Crippen LogP contribution in [0.3, 0.4) is 0 Å². The molecule has 0 saturated carbocycles. The lowest BCUT2D eigenvalue weighted by atomic mass is 10.2. The molecule has 0 aliphatic carbocycles. The van der Waals surface area contributed by atoms with Gasteiger partial charge in [-0.1, -0.05) is 28.9 Å². The minimum atomic E-state index is -0.160. The van der Waals surface area contributed by atoms with Crippen LogP contribution in [0.4, 0.5) is 4.79 Å². The van der Waals surface area contributed by atoms with Gasteiger partial charge in [0.2, 0.25) is 11.7 Å². The second kappa shape index (κ2) is 6.36. The molecule has 2 heterocycles. The van der Waals surface area contributed by atoms with Gasteiger partial charge in [-0.2, -0.15) is 4.98 Å². The quantitative estimate of drug-likeness (QED) is 0.942. The van der Waals surface area contributed by atoms with Crippen molar-refractivity contribution < 1.29 is 9.32 Å². The maximum atomic E-state index is 12.1. The zero-order chi connectivity index (χ0) is 15.5. The molecule has 1 fully saturated rings. The molecule has 1 aliphatic rings. The SMILES string of the molecule is CCNC(=O)N1CCCC1c1nc(-c2cccc(Cl)c2)no1. The lowest BCUT2D eigenvalue weighted by Gasteiger charge is -2.21. The topological polar surface area (TPSA) is 71.3 Å². The van der Waals surface area contributed by atoms with E-state index in [1.54, 1.807) is 17.0 Å². The van der Waals surface area contributed by atoms with Crippen molar-refractivity contribution in [2.45, 2.75) is 25.8 Å². The van der Waals surface area contributed by atoms with Crippen molar-refractivity contribution in [3.63, 3.8) is 0 Å². The monoisotopic (exact) mass is 320 g/mol. The molecule has 1 saturated heterocycles. The van der Waals surface area contributed by atoms with Gasteiger partial charge in [0.05, 0.1) is 0 Å². The molecule has 2 aromatic rings. The van der Waals surface area contributed by atoms with E-state index >= 15 is 0 Å². The summed E-state index contributed by atoms with van der Waals surface area (Å²) in [6.07, 6.45) is 1.75. The summed E-state index contributed by atoms with van der Waals surface area (Å²) in [6, 6.07) is 7.03. The molecule has 0 spiro atoms. The third kappa shape index (κ3) is 2.92. The zero-order valence-corrected chi connectivity index (χ0v) is 13.0. The Kier molecular flexibility index (Phi) is 4.29. The Bertz CT molecular complexity index is 673. The van der Waals surface area contributed by atoms with Crippen molar-refractivity contribution in [1.82, 2.24) is 20.4 Å². The molecule has 1 aromatic carbocycles. The highest BCUT2D eigenvalue weighted by Gasteiger charge is 2.33. The van der Waals surface area contributed by atoms with Gasteiger partial charge in [0.1, 0.15) is 6.04 Å². The van der Waals surface area contributed by atoms with Gasteiger partial charge in [0, 0.05) is 23.7 Å². The standard InChI is InChI=1S/C15H17ClN4O2/c1-2-17-15(21)20-8-4-7-12(20)14-18-13(19-22-14)10-5-3-6-11(16)9-10/h3,5-6,9,12H,2,4,7-8H2,1H3,(H,17,21). The molecule has 0 bridgehead atoms. The molecule has 116 valence electrons. The number of halogens is 1. The highest BCUT2D eigenvalue weighted by atomic mass is 35.5. The zero-order valence-electron chi connectivity index (χ0n) is 12.3. The van der Waals surface area contributed by atoms with Crippen LogP contribution in [0.1, 0.15) is 31.7 Å². The van der Waals surface area contributed by atoms with Crippen molar-refractivity contribution in [2.24, 2.45) is 0 Å². The summed E-state index contributed by atoms with van der Waals surface area (Å²) in [6.45, 7) is 3.19. The van der Waals surface area contributed by atoms with Gasteiger partial charge in [0.25, 0.3) is 0 Å². The highest BCUT2D eigenvalue weighted by molar-refractivity contribution is 6.30. The van der Waals surface area contributed by atoms with Gasteiger partial charge in [-0.05, 0) is 31.9 Å². The fourth-order valence-corrected chi connectivity index (χ4v) is 2.82. The van der Waals surface area contributed by atoms with Gasteiger partial charge >= 0.3 is 6.03 Å². The second-order valence-corrected chi connectivity index (χ2v) is 5.59. The molecule has 1 aromatic heterocycles. The van der Waals surface area contributed by atoms with Crippen LogP contribution >= 0.6 is 11.6 Å². The minimum Gasteiger partial charge on any atom is -0.338 e. The van der Waals surface area contributed by atoms with E-state index in [2.05, 4.69) is 15.5 Å². The number of carbonyl (C=O) groups is 1. The van der Waals surface area contributed by atoms with E-state index in [1.807, 2.05) is 19.1 Å². The summed E-state index contributed by atoms with van der Waals surface area (Å²) in [5.74, 6) is 0.957. The number of nitrogens with one attached hydrogen (secondary N) is 1. The fourth-order valence-electron chi connectivity index (χ4n) is 2.63. The smallest absolute Gasteiger partial charge is 0.318 e. The molecule has 1 atom stereocenters. The lowest BCUT2D eigenvalue weighted by Crippen LogP contribution is -2.39. The predicted octanol–water partition coefficient (Wildman–Crippen LogP) is 3.26. The van der Waals surface area contributed by atoms with Crippen molar-refractivity contribution in [1.29, 1.82) is 0 Å². The van der Waals surface area contributed by atoms with Crippen LogP contribution in [0.15, 0.2) is 28.8 Å². The maximum Gasteiger partial charge on any atom is 0.318 e. The number of hydrogen-bond acceptors (Lipinski definition) is 4. The summed E-state index contributed by atoms with van der Waals surface area (Å²) >= 11 is 5.98. The summed E-state index contributed by atoms with van der Waals surface area (Å²) in [4.78, 5) is 18.2. The molecule has 3 rings (SSSR count). The van der Waals surface area contributed by atoms with Crippen LogP contribution in [-0.4, -0.2) is 34.2 Å². The average molecular weight is 321 g/mol. The minimum absolute atomic E-state index is 0.0903. The molecule has 0 radical (unpaired) electrons. The molecule has 1 unspecified atom stereocenters. The normalized spacial score (nSPS) is 17.7. The second-order valence-electron chi connectivity index (χ2n) is 5.15. The van der Waals surface area contributed by atoms with Crippen molar-refractivity contribution >= 4 is 17.6 Å². The van der Waals surface area contributed by atoms with Gasteiger partial charge in [-0.3, -0.25) is 0 Å². The van der Waals surface area contributed by atoms with E-state index in [0.29, 0.717) is 29.8 Å². The molecule has 6 nitrogen and oxygen atoms in total. The highest BCUT2D eigenvalue weighted by Crippen LogP contribution is 2.32. The lowest BCUT2D eigenvalue weighted by molar-refractivity contribution is 0.181. The van der Waals surface area contributed by atoms with E-state index in [0.717, 1.165) is 18.4 Å². The van der Waals surface area contributed by atoms with Gasteiger partial charge < -0.3 is 14.7 Å². The fraction of sp³-hybridized carbons (Fsp3) is 0.400. The van der Waals surface area contributed by atoms with Gasteiger partial charge in [0.15, 0.2) is 0 Å². The first kappa shape index (κ1) is 14.8. The van der Waals surface area contributed by atoms with Crippen LogP contribution in [0, 0.1) is 0 Å². The summed E-state index contributed by atoms with van der Waals surface area (Å²) in [5.41, 5.74) is 0.796. The number of urea groups is 1. The van der Waals surface area contributed by atoms with E-state index in [1.165, 1.54) is 0 Å². The number of amides is 2. The number of nitrogens with zero attached hydrogens (tertiary/aromatic N) is 3. The van der Waals surface area contributed by atoms with E-state index in [4.69, 9.17) is 16.1 Å². The summed E-state index contributed by atoms with van der Waals surface area (Å²) in [7, 11) is 0. The molecule has 1 N–H and O–H groups in total. The Balaban J connectivity index is 1.82. The average Bonchev–Trinajstić information content (AvgIpc) is 3.16. The molecule has 1 aliphatic heterocycles. The number of likely N-dealkylation sites (tertiary alicyclic amines) is 1. The third-order valence-electron chi connectivity index (χ3n) is 3.65. The van der Waals surface area contributed by atoms with Crippen LogP contribution < -0.4 is 5.32 Å². The van der Waals surface area contributed by atoms with E-state index < -0.39 is 0 Å². The first-order chi connectivity index (χ1) is 10.7. The van der Waals surface area contributed by atoms with Crippen molar-refractivity contribution in [2.75, 3.05) is 13.1 Å². The Morgan fingerprint density at radius 1 is 1.55 bits per heavy atom. The molecule has 22 heavy (non-hydrogen) atoms. The number of rotatable bonds is 3. The van der Waals surface area contributed by atoms with Crippen LogP contribution in [0.2, 0.25) is 5.02 Å². The number of hydrogen-bond donors (Lipinski definition) is 1. The molecule has 2 amide bonds. The largest absolute Gasteiger partial charge is 0.338 e. The summed E-state index contributed by atoms with van der Waals surface area (Å²) in [5, 5.41) is 7.44.